The maximum absolute atomic E-state index is 6.92. The van der Waals surface area contributed by atoms with Gasteiger partial charge in [0.1, 0.15) is 5.88 Å². The number of halogens is 3. The molecule has 1 radical (unpaired) electrons. The second-order valence-corrected chi connectivity index (χ2v) is 2.48. The number of hydrogen-bond donors (Lipinski definition) is 0. The maximum Gasteiger partial charge on any atom is 0.311 e. The van der Waals surface area contributed by atoms with Gasteiger partial charge in [-0.3, -0.25) is 0 Å². The molecule has 0 unspecified atom stereocenters. The molecule has 1 aliphatic rings. The molecule has 1 rings (SSSR count). The van der Waals surface area contributed by atoms with E-state index in [1.807, 2.05) is 0 Å². The summed E-state index contributed by atoms with van der Waals surface area (Å²) in [6.07, 6.45) is 2.88. The van der Waals surface area contributed by atoms with Crippen LogP contribution >= 0.6 is 23.2 Å². The van der Waals surface area contributed by atoms with Crippen molar-refractivity contribution in [3.63, 3.8) is 0 Å². The van der Waals surface area contributed by atoms with Gasteiger partial charge in [0.15, 0.2) is 0 Å². The van der Waals surface area contributed by atoms with Gasteiger partial charge in [0.2, 0.25) is 12.0 Å². The molecular weight excluding hydrogens is 220 g/mol. The first-order valence-corrected chi connectivity index (χ1v) is 3.73. The summed E-state index contributed by atoms with van der Waals surface area (Å²) in [6.45, 7) is 0. The number of nitrogens with zero attached hydrogens (tertiary/aromatic N) is 1. The number of alkyl halides is 1. The molecule has 0 fully saturated rings. The average molecular weight is 231 g/mol. The first-order valence-electron chi connectivity index (χ1n) is 4.32. The molecule has 67 valence electrons. The predicted molar refractivity (Wildman–Crippen MR) is 46.9 cm³/mol. The van der Waals surface area contributed by atoms with E-state index < -0.39 is 7.04 Å². The molecule has 0 aromatic rings. The van der Waals surface area contributed by atoms with Gasteiger partial charge < -0.3 is 17.1 Å². The van der Waals surface area contributed by atoms with Crippen molar-refractivity contribution in [1.82, 2.24) is 4.99 Å². The summed E-state index contributed by atoms with van der Waals surface area (Å²) in [5.41, 5.74) is 0.315. The van der Waals surface area contributed by atoms with Crippen molar-refractivity contribution in [2.24, 2.45) is 0 Å². The van der Waals surface area contributed by atoms with E-state index in [2.05, 4.69) is 9.73 Å². The summed E-state index contributed by atoms with van der Waals surface area (Å²) in [7, 11) is -2.55. The highest BCUT2D eigenvalue weighted by atomic mass is 35.5. The monoisotopic (exact) mass is 229 g/mol. The highest BCUT2D eigenvalue weighted by molar-refractivity contribution is 6.37. The highest BCUT2D eigenvalue weighted by Crippen LogP contribution is 2.15. The molecule has 12 heavy (non-hydrogen) atoms. The standard InChI is InChI=1S/C7H7Cl2NO.ClH/c1-11-7-5(9)2-3-10-6(7)4-8;/h2-3H,4H2,1H3;1H/q+1;/p-1/i1D3;. The third-order valence-corrected chi connectivity index (χ3v) is 1.71. The van der Waals surface area contributed by atoms with Crippen LogP contribution < -0.4 is 17.4 Å². The Balaban J connectivity index is 0.00000196. The minimum Gasteiger partial charge on any atom is -1.00 e. The molecule has 0 aromatic heterocycles. The van der Waals surface area contributed by atoms with Crippen molar-refractivity contribution in [1.29, 1.82) is 0 Å². The smallest absolute Gasteiger partial charge is 0.311 e. The predicted octanol–water partition coefficient (Wildman–Crippen LogP) is -1.37. The van der Waals surface area contributed by atoms with Gasteiger partial charge in [-0.25, -0.2) is 0 Å². The van der Waals surface area contributed by atoms with Crippen LogP contribution in [0.4, 0.5) is 0 Å². The Morgan fingerprint density at radius 3 is 3.08 bits per heavy atom. The fraction of sp³-hybridized carbons (Fsp3) is 0.286. The number of hydrogen-bond acceptors (Lipinski definition) is 2. The molecular formula is C7H7Cl3NO. The van der Waals surface area contributed by atoms with Crippen molar-refractivity contribution < 1.29 is 21.3 Å². The Labute approximate surface area is 91.5 Å². The molecule has 0 bridgehead atoms. The Morgan fingerprint density at radius 2 is 2.50 bits per heavy atom. The number of allylic oxidation sites excluding steroid dienone is 3. The number of aliphatic imine (C=N–C) groups is 1. The molecule has 1 aliphatic heterocycles. The molecule has 1 heterocycles. The van der Waals surface area contributed by atoms with Crippen LogP contribution in [0.3, 0.4) is 0 Å². The van der Waals surface area contributed by atoms with Crippen molar-refractivity contribution in [2.45, 2.75) is 0 Å². The third-order valence-electron chi connectivity index (χ3n) is 1.16. The van der Waals surface area contributed by atoms with Gasteiger partial charge in [-0.2, -0.15) is 0 Å². The van der Waals surface area contributed by atoms with Crippen LogP contribution in [0.1, 0.15) is 4.11 Å². The lowest BCUT2D eigenvalue weighted by Gasteiger charge is -2.02. The van der Waals surface area contributed by atoms with Crippen molar-refractivity contribution in [3.8, 4) is 0 Å². The molecule has 0 saturated carbocycles. The van der Waals surface area contributed by atoms with E-state index in [-0.39, 0.29) is 29.1 Å². The second-order valence-electron chi connectivity index (χ2n) is 1.80. The van der Waals surface area contributed by atoms with Crippen molar-refractivity contribution in [3.05, 3.63) is 23.1 Å². The lowest BCUT2D eigenvalue weighted by atomic mass is 10.3. The summed E-state index contributed by atoms with van der Waals surface area (Å²) < 4.78 is 25.4. The summed E-state index contributed by atoms with van der Waals surface area (Å²) in [5, 5.41) is 0.187. The largest absolute Gasteiger partial charge is 1.00 e. The highest BCUT2D eigenvalue weighted by Gasteiger charge is 2.22. The number of ether oxygens (including phenoxy) is 1. The number of methoxy groups -OCH3 is 1. The Hall–Kier alpha value is -0.180. The van der Waals surface area contributed by atoms with Gasteiger partial charge in [0, 0.05) is 6.08 Å². The lowest BCUT2D eigenvalue weighted by Crippen LogP contribution is -3.00. The molecule has 2 nitrogen and oxygen atoms in total. The molecule has 0 N–H and O–H groups in total. The van der Waals surface area contributed by atoms with Crippen molar-refractivity contribution >= 4 is 28.9 Å². The quantitative estimate of drug-likeness (QED) is 0.537. The van der Waals surface area contributed by atoms with Crippen LogP contribution in [-0.4, -0.2) is 18.6 Å². The molecule has 0 spiro atoms. The zero-order chi connectivity index (χ0) is 10.8. The van der Waals surface area contributed by atoms with E-state index in [0.717, 1.165) is 0 Å². The summed E-state index contributed by atoms with van der Waals surface area (Å²) in [4.78, 5) is 3.85. The fourth-order valence-corrected chi connectivity index (χ4v) is 1.06. The van der Waals surface area contributed by atoms with Crippen LogP contribution in [0.2, 0.25) is 0 Å². The maximum atomic E-state index is 6.92. The van der Waals surface area contributed by atoms with E-state index in [1.165, 1.54) is 12.3 Å². The zero-order valence-corrected chi connectivity index (χ0v) is 8.12. The Bertz CT molecular complexity index is 322. The van der Waals surface area contributed by atoms with Crippen molar-refractivity contribution in [2.75, 3.05) is 12.9 Å². The summed E-state index contributed by atoms with van der Waals surface area (Å²) >= 11 is 11.3. The Kier molecular flexibility index (Phi) is 3.30. The molecule has 0 aliphatic carbocycles. The SMILES string of the molecule is [2H]C([2H])([2H])OC1=C(Cl)C=C[N+]=C1CCl.[Cl-]. The van der Waals surface area contributed by atoms with E-state index in [9.17, 15) is 0 Å². The van der Waals surface area contributed by atoms with Crippen LogP contribution in [0.5, 0.6) is 0 Å². The van der Waals surface area contributed by atoms with Crippen LogP contribution in [0.25, 0.3) is 0 Å². The summed E-state index contributed by atoms with van der Waals surface area (Å²) in [6, 6.07) is 0. The average Bonchev–Trinajstić information content (AvgIpc) is 2.06. The minimum absolute atomic E-state index is 0. The fourth-order valence-electron chi connectivity index (χ4n) is 0.668. The zero-order valence-electron chi connectivity index (χ0n) is 8.85. The van der Waals surface area contributed by atoms with Gasteiger partial charge in [-0.05, 0) is 0 Å². The second kappa shape index (κ2) is 5.46. The minimum atomic E-state index is -2.55. The van der Waals surface area contributed by atoms with Gasteiger partial charge in [0.25, 0.3) is 0 Å². The van der Waals surface area contributed by atoms with E-state index in [4.69, 9.17) is 27.3 Å². The van der Waals surface area contributed by atoms with Gasteiger partial charge in [-0.1, -0.05) is 11.6 Å². The molecule has 0 saturated heterocycles. The molecule has 0 amide bonds. The molecule has 0 aromatic carbocycles. The van der Waals surface area contributed by atoms with E-state index in [1.54, 1.807) is 0 Å². The van der Waals surface area contributed by atoms with Gasteiger partial charge in [0.05, 0.1) is 21.2 Å². The van der Waals surface area contributed by atoms with E-state index in [0.29, 0.717) is 5.71 Å². The van der Waals surface area contributed by atoms with Crippen LogP contribution in [0, 0.1) is 0 Å². The van der Waals surface area contributed by atoms with Crippen LogP contribution in [-0.2, 0) is 4.74 Å². The van der Waals surface area contributed by atoms with Gasteiger partial charge >= 0.3 is 5.71 Å². The first-order chi connectivity index (χ1) is 6.44. The van der Waals surface area contributed by atoms with E-state index >= 15 is 0 Å². The molecule has 0 atom stereocenters. The number of rotatable bonds is 2. The summed E-state index contributed by atoms with van der Waals surface area (Å²) in [5.74, 6) is 0.0653. The third kappa shape index (κ3) is 2.41. The Morgan fingerprint density at radius 1 is 1.75 bits per heavy atom. The lowest BCUT2D eigenvalue weighted by molar-refractivity contribution is -0.00000247. The molecule has 5 heteroatoms. The van der Waals surface area contributed by atoms with Gasteiger partial charge in [-0.15, -0.1) is 11.6 Å². The first kappa shape index (κ1) is 7.25. The normalized spacial score (nSPS) is 20.2. The van der Waals surface area contributed by atoms with Crippen LogP contribution in [0.15, 0.2) is 23.1 Å². The topological polar surface area (TPSA) is 23.3 Å².